The van der Waals surface area contributed by atoms with E-state index in [0.29, 0.717) is 0 Å². The van der Waals surface area contributed by atoms with Crippen molar-refractivity contribution in [2.45, 2.75) is 18.9 Å². The van der Waals surface area contributed by atoms with E-state index in [4.69, 9.17) is 0 Å². The van der Waals surface area contributed by atoms with Gasteiger partial charge in [-0.1, -0.05) is 6.08 Å². The number of rotatable bonds is 3. The molecule has 2 heteroatoms. The first kappa shape index (κ1) is 7.99. The second-order valence-corrected chi connectivity index (χ2v) is 1.97. The number of hydrogen-bond donors (Lipinski definition) is 1. The fourth-order valence-corrected chi connectivity index (χ4v) is 0.537. The Hall–Kier alpha value is -0.0100. The summed E-state index contributed by atoms with van der Waals surface area (Å²) in [4.78, 5) is 0. The second kappa shape index (κ2) is 3.93. The van der Waals surface area contributed by atoms with E-state index in [1.165, 1.54) is 12.8 Å². The summed E-state index contributed by atoms with van der Waals surface area (Å²) in [6.07, 6.45) is 4.64. The molecule has 8 heavy (non-hydrogen) atoms. The molecule has 0 heterocycles. The maximum Gasteiger partial charge on any atom is 0.0134 e. The van der Waals surface area contributed by atoms with Crippen LogP contribution in [0.2, 0.25) is 0 Å². The van der Waals surface area contributed by atoms with Gasteiger partial charge >= 0.3 is 0 Å². The van der Waals surface area contributed by atoms with Gasteiger partial charge in [0.15, 0.2) is 0 Å². The zero-order chi connectivity index (χ0) is 5.11. The molecular weight excluding hydrogens is 122 g/mol. The molecule has 0 saturated heterocycles. The van der Waals surface area contributed by atoms with Gasteiger partial charge in [-0.05, 0) is 12.8 Å². The number of halogens is 1. The number of hydrogen-bond acceptors (Lipinski definition) is 1. The van der Waals surface area contributed by atoms with Crippen molar-refractivity contribution in [1.29, 1.82) is 0 Å². The van der Waals surface area contributed by atoms with Crippen LogP contribution in [0, 0.1) is 0 Å². The smallest absolute Gasteiger partial charge is 0.0134 e. The van der Waals surface area contributed by atoms with Crippen LogP contribution < -0.4 is 5.32 Å². The molecule has 0 radical (unpaired) electrons. The summed E-state index contributed by atoms with van der Waals surface area (Å²) in [6, 6.07) is 0.831. The van der Waals surface area contributed by atoms with Crippen molar-refractivity contribution in [2.75, 3.05) is 6.54 Å². The first-order valence-electron chi connectivity index (χ1n) is 2.78. The highest BCUT2D eigenvalue weighted by Gasteiger charge is 2.18. The molecule has 0 amide bonds. The quantitative estimate of drug-likeness (QED) is 0.573. The van der Waals surface area contributed by atoms with Crippen molar-refractivity contribution in [3.05, 3.63) is 12.7 Å². The van der Waals surface area contributed by atoms with Gasteiger partial charge in [0, 0.05) is 12.6 Å². The monoisotopic (exact) mass is 133 g/mol. The van der Waals surface area contributed by atoms with Gasteiger partial charge in [0.2, 0.25) is 0 Å². The van der Waals surface area contributed by atoms with E-state index < -0.39 is 0 Å². The molecule has 0 aromatic heterocycles. The standard InChI is InChI=1S/C6H11N.ClH/c1-2-5-7-6-3-4-6;/h2,6-7H,1,3-5H2;1H. The molecular formula is C6H12ClN. The van der Waals surface area contributed by atoms with Crippen molar-refractivity contribution in [2.24, 2.45) is 0 Å². The molecule has 0 aromatic carbocycles. The SMILES string of the molecule is C=CCNC1CC1.Cl. The summed E-state index contributed by atoms with van der Waals surface area (Å²) >= 11 is 0. The third kappa shape index (κ3) is 3.05. The molecule has 48 valence electrons. The normalized spacial score (nSPS) is 17.0. The topological polar surface area (TPSA) is 12.0 Å². The molecule has 1 fully saturated rings. The fourth-order valence-electron chi connectivity index (χ4n) is 0.537. The van der Waals surface area contributed by atoms with Crippen LogP contribution in [0.4, 0.5) is 0 Å². The van der Waals surface area contributed by atoms with Crippen molar-refractivity contribution in [1.82, 2.24) is 5.32 Å². The summed E-state index contributed by atoms with van der Waals surface area (Å²) < 4.78 is 0. The van der Waals surface area contributed by atoms with Crippen LogP contribution in [0.5, 0.6) is 0 Å². The lowest BCUT2D eigenvalue weighted by Gasteiger charge is -1.91. The maximum absolute atomic E-state index is 3.60. The van der Waals surface area contributed by atoms with E-state index in [9.17, 15) is 0 Å². The summed E-state index contributed by atoms with van der Waals surface area (Å²) in [5.41, 5.74) is 0. The molecule has 1 N–H and O–H groups in total. The van der Waals surface area contributed by atoms with E-state index >= 15 is 0 Å². The van der Waals surface area contributed by atoms with E-state index in [0.717, 1.165) is 12.6 Å². The largest absolute Gasteiger partial charge is 0.311 e. The Morgan fingerprint density at radius 1 is 1.62 bits per heavy atom. The minimum absolute atomic E-state index is 0. The first-order chi connectivity index (χ1) is 3.43. The molecule has 0 unspecified atom stereocenters. The van der Waals surface area contributed by atoms with Gasteiger partial charge < -0.3 is 5.32 Å². The van der Waals surface area contributed by atoms with Crippen molar-refractivity contribution >= 4 is 12.4 Å². The fraction of sp³-hybridized carbons (Fsp3) is 0.667. The Bertz CT molecular complexity index is 68.9. The third-order valence-electron chi connectivity index (χ3n) is 1.13. The van der Waals surface area contributed by atoms with E-state index in [1.807, 2.05) is 6.08 Å². The van der Waals surface area contributed by atoms with Crippen LogP contribution in [-0.4, -0.2) is 12.6 Å². The Morgan fingerprint density at radius 3 is 2.62 bits per heavy atom. The molecule has 1 nitrogen and oxygen atoms in total. The van der Waals surface area contributed by atoms with E-state index in [2.05, 4.69) is 11.9 Å². The van der Waals surface area contributed by atoms with Crippen LogP contribution in [-0.2, 0) is 0 Å². The predicted octanol–water partition coefficient (Wildman–Crippen LogP) is 1.35. The average molecular weight is 134 g/mol. The molecule has 1 saturated carbocycles. The third-order valence-corrected chi connectivity index (χ3v) is 1.13. The minimum Gasteiger partial charge on any atom is -0.311 e. The Balaban J connectivity index is 0.000000490. The van der Waals surface area contributed by atoms with Gasteiger partial charge in [-0.2, -0.15) is 0 Å². The lowest BCUT2D eigenvalue weighted by molar-refractivity contribution is 0.754. The lowest BCUT2D eigenvalue weighted by Crippen LogP contribution is -2.14. The number of nitrogens with one attached hydrogen (secondary N) is 1. The zero-order valence-electron chi connectivity index (χ0n) is 4.89. The molecule has 0 bridgehead atoms. The Kier molecular flexibility index (Phi) is 3.92. The van der Waals surface area contributed by atoms with Gasteiger partial charge in [0.1, 0.15) is 0 Å². The highest BCUT2D eigenvalue weighted by molar-refractivity contribution is 5.85. The van der Waals surface area contributed by atoms with Gasteiger partial charge in [0.05, 0.1) is 0 Å². The molecule has 0 atom stereocenters. The van der Waals surface area contributed by atoms with Crippen molar-refractivity contribution < 1.29 is 0 Å². The van der Waals surface area contributed by atoms with Crippen LogP contribution in [0.3, 0.4) is 0 Å². The predicted molar refractivity (Wildman–Crippen MR) is 38.5 cm³/mol. The van der Waals surface area contributed by atoms with E-state index in [1.54, 1.807) is 0 Å². The van der Waals surface area contributed by atoms with Crippen LogP contribution >= 0.6 is 12.4 Å². The molecule has 1 aliphatic carbocycles. The van der Waals surface area contributed by atoms with Gasteiger partial charge in [-0.15, -0.1) is 19.0 Å². The highest BCUT2D eigenvalue weighted by Crippen LogP contribution is 2.17. The molecule has 0 aliphatic heterocycles. The van der Waals surface area contributed by atoms with Crippen molar-refractivity contribution in [3.63, 3.8) is 0 Å². The summed E-state index contributed by atoms with van der Waals surface area (Å²) in [7, 11) is 0. The van der Waals surface area contributed by atoms with Crippen molar-refractivity contribution in [3.8, 4) is 0 Å². The van der Waals surface area contributed by atoms with E-state index in [-0.39, 0.29) is 12.4 Å². The molecule has 0 aromatic rings. The highest BCUT2D eigenvalue weighted by atomic mass is 35.5. The first-order valence-corrected chi connectivity index (χ1v) is 2.78. The van der Waals surface area contributed by atoms with Crippen LogP contribution in [0.15, 0.2) is 12.7 Å². The summed E-state index contributed by atoms with van der Waals surface area (Å²) in [5, 5.41) is 3.29. The lowest BCUT2D eigenvalue weighted by atomic mass is 10.6. The van der Waals surface area contributed by atoms with Gasteiger partial charge in [-0.25, -0.2) is 0 Å². The molecule has 1 rings (SSSR count). The summed E-state index contributed by atoms with van der Waals surface area (Å²) in [5.74, 6) is 0. The Labute approximate surface area is 56.6 Å². The minimum atomic E-state index is 0. The van der Waals surface area contributed by atoms with Gasteiger partial charge in [0.25, 0.3) is 0 Å². The summed E-state index contributed by atoms with van der Waals surface area (Å²) in [6.45, 7) is 4.57. The van der Waals surface area contributed by atoms with Crippen LogP contribution in [0.1, 0.15) is 12.8 Å². The molecule has 0 spiro atoms. The maximum atomic E-state index is 3.60. The Morgan fingerprint density at radius 2 is 2.25 bits per heavy atom. The molecule has 1 aliphatic rings. The zero-order valence-corrected chi connectivity index (χ0v) is 5.71. The average Bonchev–Trinajstić information content (AvgIpc) is 2.42. The second-order valence-electron chi connectivity index (χ2n) is 1.97. The van der Waals surface area contributed by atoms with Crippen LogP contribution in [0.25, 0.3) is 0 Å². The van der Waals surface area contributed by atoms with Gasteiger partial charge in [-0.3, -0.25) is 0 Å².